The maximum atomic E-state index is 13.6. The van der Waals surface area contributed by atoms with Crippen molar-refractivity contribution in [1.82, 2.24) is 9.97 Å². The van der Waals surface area contributed by atoms with Gasteiger partial charge in [0.1, 0.15) is 0 Å². The van der Waals surface area contributed by atoms with E-state index < -0.39 is 53.5 Å². The summed E-state index contributed by atoms with van der Waals surface area (Å²) in [6.07, 6.45) is -5.20. The molecule has 0 aliphatic carbocycles. The first-order valence-corrected chi connectivity index (χ1v) is 5.28. The highest BCUT2D eigenvalue weighted by atomic mass is 19.4. The molecule has 112 valence electrons. The van der Waals surface area contributed by atoms with Gasteiger partial charge in [0.05, 0.1) is 0 Å². The fourth-order valence-corrected chi connectivity index (χ4v) is 1.41. The molecule has 0 aliphatic heterocycles. The van der Waals surface area contributed by atoms with Gasteiger partial charge in [0.25, 0.3) is 0 Å². The number of nitrogens with two attached hydrogens (primary N) is 1. The van der Waals surface area contributed by atoms with Gasteiger partial charge >= 0.3 is 6.18 Å². The van der Waals surface area contributed by atoms with Crippen LogP contribution in [0.2, 0.25) is 0 Å². The van der Waals surface area contributed by atoms with E-state index in [9.17, 15) is 22.0 Å². The summed E-state index contributed by atoms with van der Waals surface area (Å²) in [5, 5.41) is 0. The second-order valence-electron chi connectivity index (χ2n) is 3.76. The molecule has 0 amide bonds. The summed E-state index contributed by atoms with van der Waals surface area (Å²) < 4.78 is 92.6. The Balaban J connectivity index is 2.72. The van der Waals surface area contributed by atoms with Gasteiger partial charge in [-0.15, -0.1) is 0 Å². The van der Waals surface area contributed by atoms with Gasteiger partial charge < -0.3 is 10.5 Å². The van der Waals surface area contributed by atoms with Crippen LogP contribution in [0.3, 0.4) is 0 Å². The molecular formula is C12H8F5N3O. The van der Waals surface area contributed by atoms with Gasteiger partial charge in [0.15, 0.2) is 17.3 Å². The summed E-state index contributed by atoms with van der Waals surface area (Å²) in [5.41, 5.74) is 1.80. The van der Waals surface area contributed by atoms with Gasteiger partial charge in [-0.3, -0.25) is 0 Å². The van der Waals surface area contributed by atoms with E-state index in [-0.39, 0.29) is 0 Å². The van der Waals surface area contributed by atoms with E-state index in [2.05, 4.69) is 14.7 Å². The molecule has 0 fully saturated rings. The highest BCUT2D eigenvalue weighted by molar-refractivity contribution is 5.40. The molecule has 2 N–H and O–H groups in total. The molecule has 21 heavy (non-hydrogen) atoms. The third-order valence-corrected chi connectivity index (χ3v) is 2.28. The van der Waals surface area contributed by atoms with Crippen molar-refractivity contribution in [2.75, 3.05) is 5.73 Å². The van der Waals surface area contributed by atoms with Crippen molar-refractivity contribution in [1.29, 1.82) is 0 Å². The third-order valence-electron chi connectivity index (χ3n) is 2.28. The molecule has 2 aromatic rings. The maximum Gasteiger partial charge on any atom is 0.433 e. The number of nitrogens with zero attached hydrogens (tertiary/aromatic N) is 2. The van der Waals surface area contributed by atoms with E-state index in [1.165, 1.54) is 0 Å². The molecule has 9 heteroatoms. The Morgan fingerprint density at radius 1 is 1.19 bits per heavy atom. The van der Waals surface area contributed by atoms with Gasteiger partial charge in [-0.2, -0.15) is 18.2 Å². The van der Waals surface area contributed by atoms with Crippen LogP contribution < -0.4 is 10.5 Å². The van der Waals surface area contributed by atoms with E-state index in [1.807, 2.05) is 0 Å². The van der Waals surface area contributed by atoms with E-state index in [4.69, 9.17) is 9.85 Å². The largest absolute Gasteiger partial charge is 0.433 e. The van der Waals surface area contributed by atoms with E-state index in [0.717, 1.165) is 18.2 Å². The lowest BCUT2D eigenvalue weighted by atomic mass is 10.2. The average molecular weight is 308 g/mol. The Morgan fingerprint density at radius 2 is 1.81 bits per heavy atom. The van der Waals surface area contributed by atoms with Crippen molar-refractivity contribution in [2.24, 2.45) is 0 Å². The van der Waals surface area contributed by atoms with Crippen LogP contribution in [-0.2, 0) is 6.18 Å². The van der Waals surface area contributed by atoms with E-state index in [1.54, 1.807) is 0 Å². The van der Waals surface area contributed by atoms with Crippen LogP contribution >= 0.6 is 0 Å². The first-order valence-electron chi connectivity index (χ1n) is 6.78. The van der Waals surface area contributed by atoms with Crippen LogP contribution in [0.5, 0.6) is 11.6 Å². The molecule has 2 rings (SSSR count). The van der Waals surface area contributed by atoms with Gasteiger partial charge in [0.2, 0.25) is 17.6 Å². The van der Waals surface area contributed by atoms with Crippen molar-refractivity contribution in [3.63, 3.8) is 0 Å². The molecule has 1 aromatic heterocycles. The fraction of sp³-hybridized carbons (Fsp3) is 0.167. The Hall–Kier alpha value is -2.45. The topological polar surface area (TPSA) is 61.0 Å². The number of aromatic nitrogens is 2. The van der Waals surface area contributed by atoms with Crippen LogP contribution in [-0.4, -0.2) is 9.97 Å². The second-order valence-corrected chi connectivity index (χ2v) is 3.76. The molecule has 0 saturated heterocycles. The number of hydrogen-bond acceptors (Lipinski definition) is 4. The molecule has 0 atom stereocenters. The summed E-state index contributed by atoms with van der Waals surface area (Å²) in [6, 6.07) is 2.52. The second kappa shape index (κ2) is 5.15. The van der Waals surface area contributed by atoms with Gasteiger partial charge in [0, 0.05) is 9.68 Å². The molecule has 0 saturated carbocycles. The highest BCUT2D eigenvalue weighted by Crippen LogP contribution is 2.36. The first kappa shape index (κ1) is 11.2. The van der Waals surface area contributed by atoms with Crippen molar-refractivity contribution in [2.45, 2.75) is 13.0 Å². The molecule has 1 heterocycles. The number of nitrogen functional groups attached to an aromatic ring is 1. The zero-order valence-electron chi connectivity index (χ0n) is 13.0. The predicted molar refractivity (Wildman–Crippen MR) is 62.6 cm³/mol. The third kappa shape index (κ3) is 3.01. The molecule has 0 unspecified atom stereocenters. The van der Waals surface area contributed by atoms with Crippen LogP contribution in [0.25, 0.3) is 0 Å². The number of para-hydroxylation sites is 1. The lowest BCUT2D eigenvalue weighted by molar-refractivity contribution is -0.141. The van der Waals surface area contributed by atoms with Crippen molar-refractivity contribution < 1.29 is 30.8 Å². The van der Waals surface area contributed by atoms with Gasteiger partial charge in [-0.25, -0.2) is 13.8 Å². The Labute approximate surface area is 119 Å². The minimum atomic E-state index is -5.20. The fourth-order valence-electron chi connectivity index (χ4n) is 1.41. The number of rotatable bonds is 2. The molecule has 0 aliphatic rings. The van der Waals surface area contributed by atoms with E-state index in [0.29, 0.717) is 0 Å². The van der Waals surface area contributed by atoms with Crippen molar-refractivity contribution >= 4 is 5.95 Å². The van der Waals surface area contributed by atoms with Crippen LogP contribution in [0.4, 0.5) is 27.9 Å². The summed E-state index contributed by atoms with van der Waals surface area (Å²) >= 11 is 0. The Kier molecular flexibility index (Phi) is 2.76. The highest BCUT2D eigenvalue weighted by Gasteiger charge is 2.36. The van der Waals surface area contributed by atoms with Crippen LogP contribution in [0, 0.1) is 18.5 Å². The first-order chi connectivity index (χ1) is 10.9. The number of benzene rings is 1. The molecule has 0 radical (unpaired) electrons. The summed E-state index contributed by atoms with van der Waals surface area (Å²) in [6.45, 7) is -3.38. The normalized spacial score (nSPS) is 14.2. The lowest BCUT2D eigenvalue weighted by Crippen LogP contribution is -2.14. The number of hydrogen-bond donors (Lipinski definition) is 1. The summed E-state index contributed by atoms with van der Waals surface area (Å²) in [4.78, 5) is 6.11. The standard InChI is InChI=1S/C12H8F5N3O/c1-5-9(12(15,16)17)19-11(18)20-10(5)21-8-6(13)3-2-4-7(8)14/h2-4H,1H3,(H2,18,19,20)/i1D3. The summed E-state index contributed by atoms with van der Waals surface area (Å²) in [5.74, 6) is -5.83. The van der Waals surface area contributed by atoms with Crippen LogP contribution in [0.1, 0.15) is 15.4 Å². The Morgan fingerprint density at radius 3 is 2.33 bits per heavy atom. The average Bonchev–Trinajstić information content (AvgIpc) is 2.40. The molecular weight excluding hydrogens is 297 g/mol. The van der Waals surface area contributed by atoms with Crippen molar-refractivity contribution in [3.05, 3.63) is 41.1 Å². The smallest absolute Gasteiger partial charge is 0.432 e. The van der Waals surface area contributed by atoms with Gasteiger partial charge in [-0.05, 0) is 19.0 Å². The van der Waals surface area contributed by atoms with E-state index >= 15 is 0 Å². The van der Waals surface area contributed by atoms with Crippen molar-refractivity contribution in [3.8, 4) is 11.6 Å². The Bertz CT molecular complexity index is 760. The number of anilines is 1. The molecule has 0 spiro atoms. The van der Waals surface area contributed by atoms with Gasteiger partial charge in [-0.1, -0.05) is 6.07 Å². The molecule has 1 aromatic carbocycles. The number of alkyl halides is 3. The molecule has 4 nitrogen and oxygen atoms in total. The molecule has 0 bridgehead atoms. The zero-order chi connectivity index (χ0) is 18.3. The quantitative estimate of drug-likeness (QED) is 0.863. The van der Waals surface area contributed by atoms with Crippen LogP contribution in [0.15, 0.2) is 18.2 Å². The lowest BCUT2D eigenvalue weighted by Gasteiger charge is -2.14. The minimum absolute atomic E-state index is 0.767. The maximum absolute atomic E-state index is 13.6. The number of ether oxygens (including phenoxy) is 1. The number of halogens is 5. The SMILES string of the molecule is [2H]C([2H])([2H])c1c(Oc2c(F)cccc2F)nc(N)nc1C(F)(F)F. The minimum Gasteiger partial charge on any atom is -0.432 e. The zero-order valence-corrected chi connectivity index (χ0v) is 10.0. The monoisotopic (exact) mass is 308 g/mol. The predicted octanol–water partition coefficient (Wildman–Crippen LogP) is 3.46. The summed E-state index contributed by atoms with van der Waals surface area (Å²) in [7, 11) is 0.